The van der Waals surface area contributed by atoms with Crippen LogP contribution in [0.2, 0.25) is 5.02 Å². The molecule has 0 saturated carbocycles. The van der Waals surface area contributed by atoms with Crippen molar-refractivity contribution in [2.75, 3.05) is 5.32 Å². The van der Waals surface area contributed by atoms with E-state index < -0.39 is 0 Å². The molecule has 0 radical (unpaired) electrons. The molecule has 0 fully saturated rings. The highest BCUT2D eigenvalue weighted by atomic mass is 79.9. The normalized spacial score (nSPS) is 12.0. The van der Waals surface area contributed by atoms with Crippen LogP contribution in [0.3, 0.4) is 0 Å². The first-order chi connectivity index (χ1) is 12.8. The van der Waals surface area contributed by atoms with Gasteiger partial charge in [-0.05, 0) is 71.7 Å². The van der Waals surface area contributed by atoms with Gasteiger partial charge in [0, 0.05) is 22.1 Å². The number of hydrogen-bond donors (Lipinski definition) is 1. The van der Waals surface area contributed by atoms with Crippen molar-refractivity contribution in [3.05, 3.63) is 57.5 Å². The summed E-state index contributed by atoms with van der Waals surface area (Å²) in [6.07, 6.45) is 0. The van der Waals surface area contributed by atoms with Crippen LogP contribution in [0.5, 0.6) is 0 Å². The van der Waals surface area contributed by atoms with Gasteiger partial charge in [0.2, 0.25) is 5.91 Å². The summed E-state index contributed by atoms with van der Waals surface area (Å²) in [6, 6.07) is 13.2. The van der Waals surface area contributed by atoms with Gasteiger partial charge in [-0.15, -0.1) is 10.2 Å². The number of amides is 1. The maximum absolute atomic E-state index is 12.6. The van der Waals surface area contributed by atoms with Crippen molar-refractivity contribution in [2.45, 2.75) is 24.3 Å². The Bertz CT molecular complexity index is 974. The summed E-state index contributed by atoms with van der Waals surface area (Å²) >= 11 is 10.8. The van der Waals surface area contributed by atoms with Crippen LogP contribution in [0, 0.1) is 6.92 Å². The first-order valence-electron chi connectivity index (χ1n) is 8.24. The third kappa shape index (κ3) is 4.72. The first kappa shape index (κ1) is 19.9. The van der Waals surface area contributed by atoms with Crippen LogP contribution >= 0.6 is 39.3 Å². The monoisotopic (exact) mass is 464 g/mol. The molecule has 0 saturated heterocycles. The van der Waals surface area contributed by atoms with Gasteiger partial charge in [0.1, 0.15) is 0 Å². The highest BCUT2D eigenvalue weighted by Gasteiger charge is 2.20. The van der Waals surface area contributed by atoms with Crippen LogP contribution in [0.25, 0.3) is 11.4 Å². The van der Waals surface area contributed by atoms with Crippen LogP contribution in [0.1, 0.15) is 12.5 Å². The van der Waals surface area contributed by atoms with Crippen LogP contribution in [-0.4, -0.2) is 25.9 Å². The minimum Gasteiger partial charge on any atom is -0.324 e. The van der Waals surface area contributed by atoms with Gasteiger partial charge >= 0.3 is 0 Å². The number of halogens is 2. The summed E-state index contributed by atoms with van der Waals surface area (Å²) in [5.41, 5.74) is 2.79. The summed E-state index contributed by atoms with van der Waals surface area (Å²) in [6.45, 7) is 3.85. The largest absolute Gasteiger partial charge is 0.324 e. The molecule has 5 nitrogen and oxygen atoms in total. The maximum Gasteiger partial charge on any atom is 0.237 e. The average molecular weight is 466 g/mol. The Hall–Kier alpha value is -1.83. The van der Waals surface area contributed by atoms with Crippen molar-refractivity contribution < 1.29 is 4.79 Å². The van der Waals surface area contributed by atoms with E-state index in [0.29, 0.717) is 10.2 Å². The summed E-state index contributed by atoms with van der Waals surface area (Å²) in [5.74, 6) is 0.628. The number of aryl methyl sites for hydroxylation is 1. The van der Waals surface area contributed by atoms with Gasteiger partial charge in [0.05, 0.1) is 10.9 Å². The zero-order chi connectivity index (χ0) is 19.6. The van der Waals surface area contributed by atoms with Crippen molar-refractivity contribution >= 4 is 50.9 Å². The second-order valence-electron chi connectivity index (χ2n) is 6.10. The molecule has 8 heteroatoms. The number of benzene rings is 2. The third-order valence-electron chi connectivity index (χ3n) is 3.97. The number of carbonyl (C=O) groups is 1. The number of nitrogens with one attached hydrogen (secondary N) is 1. The lowest BCUT2D eigenvalue weighted by Crippen LogP contribution is -2.23. The van der Waals surface area contributed by atoms with E-state index in [0.717, 1.165) is 27.1 Å². The molecule has 1 aromatic heterocycles. The number of aromatic nitrogens is 3. The summed E-state index contributed by atoms with van der Waals surface area (Å²) in [4.78, 5) is 12.6. The molecule has 27 heavy (non-hydrogen) atoms. The summed E-state index contributed by atoms with van der Waals surface area (Å²) in [5, 5.41) is 12.4. The molecular formula is C19H18BrClN4OS. The second-order valence-corrected chi connectivity index (χ2v) is 8.70. The SMILES string of the molecule is Cc1ccc(NC(=O)C(C)Sc2nnc(-c3ccc(Cl)cc3)n2C)c(Br)c1. The van der Waals surface area contributed by atoms with Crippen molar-refractivity contribution in [3.8, 4) is 11.4 Å². The van der Waals surface area contributed by atoms with Gasteiger partial charge in [0.15, 0.2) is 11.0 Å². The van der Waals surface area contributed by atoms with E-state index in [-0.39, 0.29) is 11.2 Å². The highest BCUT2D eigenvalue weighted by Crippen LogP contribution is 2.28. The predicted octanol–water partition coefficient (Wildman–Crippen LogP) is 5.33. The Morgan fingerprint density at radius 3 is 2.59 bits per heavy atom. The smallest absolute Gasteiger partial charge is 0.237 e. The molecule has 3 aromatic rings. The fourth-order valence-electron chi connectivity index (χ4n) is 2.44. The van der Waals surface area contributed by atoms with Gasteiger partial charge < -0.3 is 9.88 Å². The Balaban J connectivity index is 1.71. The molecule has 1 amide bonds. The fraction of sp³-hybridized carbons (Fsp3) is 0.211. The first-order valence-corrected chi connectivity index (χ1v) is 10.3. The van der Waals surface area contributed by atoms with Crippen LogP contribution in [-0.2, 0) is 11.8 Å². The maximum atomic E-state index is 12.6. The molecule has 140 valence electrons. The molecule has 0 aliphatic rings. The minimum atomic E-state index is -0.334. The van der Waals surface area contributed by atoms with Gasteiger partial charge in [-0.25, -0.2) is 0 Å². The Kier molecular flexibility index (Phi) is 6.24. The van der Waals surface area contributed by atoms with E-state index in [1.165, 1.54) is 11.8 Å². The molecule has 3 rings (SSSR count). The second kappa shape index (κ2) is 8.46. The minimum absolute atomic E-state index is 0.0967. The number of rotatable bonds is 5. The van der Waals surface area contributed by atoms with Crippen molar-refractivity contribution in [1.82, 2.24) is 14.8 Å². The Morgan fingerprint density at radius 1 is 1.22 bits per heavy atom. The molecule has 1 N–H and O–H groups in total. The fourth-order valence-corrected chi connectivity index (χ4v) is 3.97. The Morgan fingerprint density at radius 2 is 1.93 bits per heavy atom. The molecule has 0 aliphatic carbocycles. The number of carbonyl (C=O) groups excluding carboxylic acids is 1. The Labute approximate surface area is 175 Å². The molecule has 1 atom stereocenters. The summed E-state index contributed by atoms with van der Waals surface area (Å²) in [7, 11) is 1.88. The number of nitrogens with zero attached hydrogens (tertiary/aromatic N) is 3. The van der Waals surface area contributed by atoms with Crippen molar-refractivity contribution in [1.29, 1.82) is 0 Å². The van der Waals surface area contributed by atoms with E-state index >= 15 is 0 Å². The lowest BCUT2D eigenvalue weighted by atomic mass is 10.2. The van der Waals surface area contributed by atoms with Crippen LogP contribution < -0.4 is 5.32 Å². The van der Waals surface area contributed by atoms with Crippen molar-refractivity contribution in [3.63, 3.8) is 0 Å². The van der Waals surface area contributed by atoms with E-state index in [4.69, 9.17) is 11.6 Å². The van der Waals surface area contributed by atoms with Crippen LogP contribution in [0.15, 0.2) is 52.1 Å². The van der Waals surface area contributed by atoms with Gasteiger partial charge in [-0.2, -0.15) is 0 Å². The zero-order valence-electron chi connectivity index (χ0n) is 15.0. The van der Waals surface area contributed by atoms with E-state index in [2.05, 4.69) is 31.4 Å². The quantitative estimate of drug-likeness (QED) is 0.518. The standard InChI is InChI=1S/C19H18BrClN4OS/c1-11-4-9-16(15(20)10-11)22-18(26)12(2)27-19-24-23-17(25(19)3)13-5-7-14(21)8-6-13/h4-10,12H,1-3H3,(H,22,26). The number of hydrogen-bond acceptors (Lipinski definition) is 4. The van der Waals surface area contributed by atoms with Gasteiger partial charge in [-0.1, -0.05) is 29.4 Å². The average Bonchev–Trinajstić information content (AvgIpc) is 2.98. The summed E-state index contributed by atoms with van der Waals surface area (Å²) < 4.78 is 2.73. The highest BCUT2D eigenvalue weighted by molar-refractivity contribution is 9.10. The number of anilines is 1. The van der Waals surface area contributed by atoms with Gasteiger partial charge in [0.25, 0.3) is 0 Å². The molecule has 1 heterocycles. The predicted molar refractivity (Wildman–Crippen MR) is 114 cm³/mol. The molecule has 0 bridgehead atoms. The zero-order valence-corrected chi connectivity index (χ0v) is 18.2. The third-order valence-corrected chi connectivity index (χ3v) is 6.01. The van der Waals surface area contributed by atoms with Crippen LogP contribution in [0.4, 0.5) is 5.69 Å². The van der Waals surface area contributed by atoms with E-state index in [9.17, 15) is 4.79 Å². The van der Waals surface area contributed by atoms with Gasteiger partial charge in [-0.3, -0.25) is 4.79 Å². The van der Waals surface area contributed by atoms with E-state index in [1.807, 2.05) is 67.9 Å². The lowest BCUT2D eigenvalue weighted by molar-refractivity contribution is -0.115. The number of thioether (sulfide) groups is 1. The lowest BCUT2D eigenvalue weighted by Gasteiger charge is -2.13. The van der Waals surface area contributed by atoms with E-state index in [1.54, 1.807) is 0 Å². The molecule has 1 unspecified atom stereocenters. The van der Waals surface area contributed by atoms with Crippen molar-refractivity contribution in [2.24, 2.45) is 7.05 Å². The topological polar surface area (TPSA) is 59.8 Å². The molecular weight excluding hydrogens is 448 g/mol. The molecule has 0 aliphatic heterocycles. The molecule has 2 aromatic carbocycles. The molecule has 0 spiro atoms.